The van der Waals surface area contributed by atoms with E-state index in [-0.39, 0.29) is 31.0 Å². The van der Waals surface area contributed by atoms with Gasteiger partial charge in [0.25, 0.3) is 10.1 Å². The minimum absolute atomic E-state index is 0. The van der Waals surface area contributed by atoms with Crippen LogP contribution in [-0.2, 0) is 20.5 Å². The molecule has 2 N–H and O–H groups in total. The first kappa shape index (κ1) is 18.3. The zero-order chi connectivity index (χ0) is 13.8. The molecule has 1 rings (SSSR count). The molecule has 0 saturated heterocycles. The van der Waals surface area contributed by atoms with Crippen molar-refractivity contribution in [2.75, 3.05) is 5.75 Å². The second-order valence-electron chi connectivity index (χ2n) is 4.12. The van der Waals surface area contributed by atoms with Crippen LogP contribution in [0.3, 0.4) is 0 Å². The van der Waals surface area contributed by atoms with E-state index in [1.54, 1.807) is 30.3 Å². The molecule has 0 heterocycles. The van der Waals surface area contributed by atoms with Crippen LogP contribution in [0.15, 0.2) is 43.0 Å². The van der Waals surface area contributed by atoms with Crippen molar-refractivity contribution in [3.05, 3.63) is 48.6 Å². The summed E-state index contributed by atoms with van der Waals surface area (Å²) in [5.41, 5.74) is -0.627. The van der Waals surface area contributed by atoms with Gasteiger partial charge in [-0.1, -0.05) is 36.9 Å². The van der Waals surface area contributed by atoms with Crippen molar-refractivity contribution in [2.24, 2.45) is 0 Å². The molecule has 0 aliphatic carbocycles. The number of benzene rings is 1. The number of carbonyl (C=O) groups is 1. The Morgan fingerprint density at radius 3 is 2.42 bits per heavy atom. The second-order valence-corrected chi connectivity index (χ2v) is 5.57. The Hall–Kier alpha value is -0.660. The molecule has 19 heavy (non-hydrogen) atoms. The van der Waals surface area contributed by atoms with Gasteiger partial charge in [0.15, 0.2) is 0 Å². The molecule has 7 heteroatoms. The maximum Gasteiger partial charge on any atom is 1.00 e. The van der Waals surface area contributed by atoms with Gasteiger partial charge >= 0.3 is 29.6 Å². The second kappa shape index (κ2) is 7.21. The van der Waals surface area contributed by atoms with Gasteiger partial charge < -0.3 is 6.74 Å². The number of hydrogen-bond acceptors (Lipinski definition) is 3. The largest absolute Gasteiger partial charge is 1.00 e. The van der Waals surface area contributed by atoms with Crippen LogP contribution >= 0.6 is 0 Å². The summed E-state index contributed by atoms with van der Waals surface area (Å²) in [6.45, 7) is 4.84. The smallest absolute Gasteiger partial charge is 1.00 e. The molecule has 0 fully saturated rings. The van der Waals surface area contributed by atoms with Gasteiger partial charge in [0.1, 0.15) is 5.75 Å². The summed E-state index contributed by atoms with van der Waals surface area (Å²) in [7, 11) is -4.23. The predicted octanol–water partition coefficient (Wildman–Crippen LogP) is -1.79. The average Bonchev–Trinajstić information content (AvgIpc) is 2.27. The third-order valence-corrected chi connectivity index (χ3v) is 3.41. The van der Waals surface area contributed by atoms with Crippen molar-refractivity contribution in [3.8, 4) is 0 Å². The topological polar surface area (TPSA) is 83.5 Å². The summed E-state index contributed by atoms with van der Waals surface area (Å²) < 4.78 is 31.1. The van der Waals surface area contributed by atoms with Crippen LogP contribution in [0.1, 0.15) is 13.9 Å². The van der Waals surface area contributed by atoms with E-state index in [2.05, 4.69) is 11.9 Å². The van der Waals surface area contributed by atoms with Crippen LogP contribution in [0, 0.1) is 0 Å². The molecular formula is C12H16NNaO4S. The monoisotopic (exact) mass is 293 g/mol. The van der Waals surface area contributed by atoms with Crippen LogP contribution < -0.4 is 34.9 Å². The van der Waals surface area contributed by atoms with Gasteiger partial charge in [-0.3, -0.25) is 9.35 Å². The molecular weight excluding hydrogens is 277 g/mol. The Morgan fingerprint density at radius 1 is 1.47 bits per heavy atom. The van der Waals surface area contributed by atoms with Crippen molar-refractivity contribution < 1.29 is 48.7 Å². The Kier molecular flexibility index (Phi) is 6.96. The first-order valence-electron chi connectivity index (χ1n) is 5.22. The molecule has 1 aromatic carbocycles. The molecule has 0 aromatic heterocycles. The molecule has 0 radical (unpaired) electrons. The van der Waals surface area contributed by atoms with Gasteiger partial charge in [0.05, 0.1) is 5.54 Å². The van der Waals surface area contributed by atoms with Crippen LogP contribution in [0.4, 0.5) is 0 Å². The molecule has 1 unspecified atom stereocenters. The summed E-state index contributed by atoms with van der Waals surface area (Å²) >= 11 is 0. The number of carbonyl (C=O) groups excluding carboxylic acids is 1. The molecule has 0 aliphatic heterocycles. The SMILES string of the molecule is C=CC(=O)NC(C)(CS(=O)(=O)O)c1ccccc1.[H-].[Na+]. The number of nitrogens with one attached hydrogen (secondary N) is 1. The number of rotatable bonds is 5. The molecule has 100 valence electrons. The van der Waals surface area contributed by atoms with Crippen molar-refractivity contribution >= 4 is 16.0 Å². The van der Waals surface area contributed by atoms with Crippen molar-refractivity contribution in [2.45, 2.75) is 12.5 Å². The summed E-state index contributed by atoms with van der Waals surface area (Å²) in [5, 5.41) is 2.52. The van der Waals surface area contributed by atoms with Crippen LogP contribution in [0.2, 0.25) is 0 Å². The minimum Gasteiger partial charge on any atom is -1.00 e. The van der Waals surface area contributed by atoms with Crippen LogP contribution in [0.5, 0.6) is 0 Å². The molecule has 0 spiro atoms. The molecule has 0 bridgehead atoms. The Bertz CT molecular complexity index is 550. The number of amides is 1. The normalized spacial score (nSPS) is 13.8. The molecule has 1 amide bonds. The summed E-state index contributed by atoms with van der Waals surface area (Å²) in [6, 6.07) is 8.56. The van der Waals surface area contributed by atoms with Crippen molar-refractivity contribution in [1.82, 2.24) is 5.32 Å². The van der Waals surface area contributed by atoms with E-state index < -0.39 is 27.3 Å². The summed E-state index contributed by atoms with van der Waals surface area (Å²) in [5.74, 6) is -1.12. The van der Waals surface area contributed by atoms with E-state index in [9.17, 15) is 13.2 Å². The van der Waals surface area contributed by atoms with Crippen molar-refractivity contribution in [3.63, 3.8) is 0 Å². The third kappa shape index (κ3) is 5.88. The zero-order valence-electron chi connectivity index (χ0n) is 12.0. The summed E-state index contributed by atoms with van der Waals surface area (Å²) in [4.78, 5) is 11.4. The van der Waals surface area contributed by atoms with Crippen LogP contribution in [-0.4, -0.2) is 24.6 Å². The summed E-state index contributed by atoms with van der Waals surface area (Å²) in [6.07, 6.45) is 1.05. The van der Waals surface area contributed by atoms with E-state index in [1.165, 1.54) is 6.92 Å². The van der Waals surface area contributed by atoms with E-state index in [4.69, 9.17) is 4.55 Å². The molecule has 0 aliphatic rings. The van der Waals surface area contributed by atoms with Gasteiger partial charge in [-0.15, -0.1) is 0 Å². The standard InChI is InChI=1S/C12H15NO4S.Na.H/c1-3-11(14)13-12(2,9-18(15,16)17)10-7-5-4-6-8-10;;/h3-8H,1,9H2,2H3,(H,13,14)(H,15,16,17);;/q;+1;-1. The van der Waals surface area contributed by atoms with Gasteiger partial charge in [-0.2, -0.15) is 8.42 Å². The van der Waals surface area contributed by atoms with E-state index in [0.717, 1.165) is 6.08 Å². The van der Waals surface area contributed by atoms with Crippen LogP contribution in [0.25, 0.3) is 0 Å². The van der Waals surface area contributed by atoms with Gasteiger partial charge in [0, 0.05) is 0 Å². The fraction of sp³-hybridized carbons (Fsp3) is 0.250. The Morgan fingerprint density at radius 2 is 2.00 bits per heavy atom. The first-order chi connectivity index (χ1) is 8.27. The van der Waals surface area contributed by atoms with E-state index >= 15 is 0 Å². The predicted molar refractivity (Wildman–Crippen MR) is 69.7 cm³/mol. The minimum atomic E-state index is -4.23. The Balaban J connectivity index is 0. The first-order valence-corrected chi connectivity index (χ1v) is 6.83. The zero-order valence-corrected chi connectivity index (χ0v) is 13.8. The quantitative estimate of drug-likeness (QED) is 0.381. The van der Waals surface area contributed by atoms with E-state index in [0.29, 0.717) is 5.56 Å². The fourth-order valence-electron chi connectivity index (χ4n) is 1.69. The number of hydrogen-bond donors (Lipinski definition) is 2. The maximum atomic E-state index is 11.4. The van der Waals surface area contributed by atoms with Crippen molar-refractivity contribution in [1.29, 1.82) is 0 Å². The van der Waals surface area contributed by atoms with Gasteiger partial charge in [-0.25, -0.2) is 0 Å². The average molecular weight is 293 g/mol. The fourth-order valence-corrected chi connectivity index (χ4v) is 2.65. The molecule has 1 aromatic rings. The third-order valence-electron chi connectivity index (χ3n) is 2.47. The molecule has 5 nitrogen and oxygen atoms in total. The molecule has 0 saturated carbocycles. The molecule has 1 atom stereocenters. The Labute approximate surface area is 136 Å². The maximum absolute atomic E-state index is 11.4. The van der Waals surface area contributed by atoms with Gasteiger partial charge in [0.2, 0.25) is 5.91 Å². The van der Waals surface area contributed by atoms with Gasteiger partial charge in [-0.05, 0) is 18.6 Å². The van der Waals surface area contributed by atoms with E-state index in [1.807, 2.05) is 0 Å².